The Morgan fingerprint density at radius 3 is 2.72 bits per heavy atom. The molecule has 0 radical (unpaired) electrons. The van der Waals surface area contributed by atoms with Gasteiger partial charge in [0.15, 0.2) is 0 Å². The van der Waals surface area contributed by atoms with Gasteiger partial charge in [0.1, 0.15) is 0 Å². The maximum absolute atomic E-state index is 10.7. The summed E-state index contributed by atoms with van der Waals surface area (Å²) in [7, 11) is 0. The lowest BCUT2D eigenvalue weighted by molar-refractivity contribution is -0.137. The maximum atomic E-state index is 10.7. The molecule has 0 amide bonds. The molecule has 4 nitrogen and oxygen atoms in total. The fourth-order valence-corrected chi connectivity index (χ4v) is 2.70. The summed E-state index contributed by atoms with van der Waals surface area (Å²) in [4.78, 5) is 13.2. The molecule has 0 saturated carbocycles. The molecule has 1 saturated heterocycles. The first kappa shape index (κ1) is 15.4. The highest BCUT2D eigenvalue weighted by Gasteiger charge is 2.30. The number of nitrogens with one attached hydrogen (secondary N) is 1. The molecule has 0 aromatic heterocycles. The van der Waals surface area contributed by atoms with E-state index < -0.39 is 5.97 Å². The monoisotopic (exact) mass is 256 g/mol. The van der Waals surface area contributed by atoms with Gasteiger partial charge in [0.05, 0.1) is 0 Å². The Morgan fingerprint density at radius 2 is 2.17 bits per heavy atom. The summed E-state index contributed by atoms with van der Waals surface area (Å²) < 4.78 is 0. The highest BCUT2D eigenvalue weighted by molar-refractivity contribution is 5.66. The third kappa shape index (κ3) is 5.36. The second-order valence-electron chi connectivity index (χ2n) is 6.70. The van der Waals surface area contributed by atoms with E-state index in [0.29, 0.717) is 12.0 Å². The van der Waals surface area contributed by atoms with Gasteiger partial charge in [-0.1, -0.05) is 27.7 Å². The Labute approximate surface area is 111 Å². The number of nitrogens with zero attached hydrogens (tertiary/aromatic N) is 1. The van der Waals surface area contributed by atoms with Crippen molar-refractivity contribution >= 4 is 5.97 Å². The van der Waals surface area contributed by atoms with Crippen LogP contribution in [0.4, 0.5) is 0 Å². The minimum absolute atomic E-state index is 0.257. The first-order chi connectivity index (χ1) is 8.30. The van der Waals surface area contributed by atoms with Crippen LogP contribution < -0.4 is 5.32 Å². The van der Waals surface area contributed by atoms with Gasteiger partial charge in [0, 0.05) is 38.6 Å². The SMILES string of the molecule is CC(C)CN1CC(C)(C)CNCC1CCC(=O)O. The molecule has 4 heteroatoms. The van der Waals surface area contributed by atoms with Crippen molar-refractivity contribution in [3.8, 4) is 0 Å². The average Bonchev–Trinajstić information content (AvgIpc) is 2.33. The minimum Gasteiger partial charge on any atom is -0.481 e. The molecule has 0 spiro atoms. The van der Waals surface area contributed by atoms with Gasteiger partial charge in [-0.25, -0.2) is 0 Å². The smallest absolute Gasteiger partial charge is 0.303 e. The number of carboxylic acid groups (broad SMARTS) is 1. The van der Waals surface area contributed by atoms with Gasteiger partial charge in [-0.15, -0.1) is 0 Å². The lowest BCUT2D eigenvalue weighted by Crippen LogP contribution is -2.43. The largest absolute Gasteiger partial charge is 0.481 e. The van der Waals surface area contributed by atoms with Crippen molar-refractivity contribution in [1.82, 2.24) is 10.2 Å². The molecule has 1 atom stereocenters. The summed E-state index contributed by atoms with van der Waals surface area (Å²) in [6.07, 6.45) is 1.01. The van der Waals surface area contributed by atoms with Gasteiger partial charge in [-0.2, -0.15) is 0 Å². The second kappa shape index (κ2) is 6.53. The second-order valence-corrected chi connectivity index (χ2v) is 6.70. The zero-order chi connectivity index (χ0) is 13.8. The predicted octanol–water partition coefficient (Wildman–Crippen LogP) is 1.81. The summed E-state index contributed by atoms with van der Waals surface area (Å²) >= 11 is 0. The van der Waals surface area contributed by atoms with E-state index in [-0.39, 0.29) is 11.8 Å². The van der Waals surface area contributed by atoms with Crippen molar-refractivity contribution in [2.45, 2.75) is 46.6 Å². The Bertz CT molecular complexity index is 277. The first-order valence-electron chi connectivity index (χ1n) is 6.97. The van der Waals surface area contributed by atoms with Crippen molar-refractivity contribution < 1.29 is 9.90 Å². The average molecular weight is 256 g/mol. The number of carbonyl (C=O) groups is 1. The van der Waals surface area contributed by atoms with Crippen LogP contribution in [0.3, 0.4) is 0 Å². The number of carboxylic acids is 1. The minimum atomic E-state index is -0.692. The molecule has 1 aliphatic rings. The lowest BCUT2D eigenvalue weighted by Gasteiger charge is -2.35. The number of aliphatic carboxylic acids is 1. The molecule has 1 fully saturated rings. The zero-order valence-electron chi connectivity index (χ0n) is 12.2. The van der Waals surface area contributed by atoms with E-state index >= 15 is 0 Å². The topological polar surface area (TPSA) is 52.6 Å². The van der Waals surface area contributed by atoms with E-state index in [4.69, 9.17) is 5.11 Å². The maximum Gasteiger partial charge on any atom is 0.303 e. The van der Waals surface area contributed by atoms with Crippen molar-refractivity contribution in [1.29, 1.82) is 0 Å². The van der Waals surface area contributed by atoms with E-state index in [9.17, 15) is 4.79 Å². The Kier molecular flexibility index (Phi) is 5.60. The highest BCUT2D eigenvalue weighted by Crippen LogP contribution is 2.23. The fraction of sp³-hybridized carbons (Fsp3) is 0.929. The molecule has 1 rings (SSSR count). The van der Waals surface area contributed by atoms with Crippen LogP contribution >= 0.6 is 0 Å². The van der Waals surface area contributed by atoms with E-state index in [1.165, 1.54) is 0 Å². The third-order valence-electron chi connectivity index (χ3n) is 3.42. The standard InChI is InChI=1S/C14H28N2O2/c1-11(2)8-16-10-14(3,4)9-15-7-12(16)5-6-13(17)18/h11-12,15H,5-10H2,1-4H3,(H,17,18). The van der Waals surface area contributed by atoms with Crippen LogP contribution in [0.2, 0.25) is 0 Å². The van der Waals surface area contributed by atoms with Crippen molar-refractivity contribution in [3.63, 3.8) is 0 Å². The first-order valence-corrected chi connectivity index (χ1v) is 6.97. The predicted molar refractivity (Wildman–Crippen MR) is 73.7 cm³/mol. The summed E-state index contributed by atoms with van der Waals surface area (Å²) in [6, 6.07) is 0.352. The van der Waals surface area contributed by atoms with Crippen LogP contribution in [0.1, 0.15) is 40.5 Å². The van der Waals surface area contributed by atoms with Crippen LogP contribution in [-0.4, -0.2) is 48.2 Å². The Balaban J connectivity index is 2.67. The van der Waals surface area contributed by atoms with Crippen molar-refractivity contribution in [3.05, 3.63) is 0 Å². The summed E-state index contributed by atoms with van der Waals surface area (Å²) in [6.45, 7) is 13.0. The molecule has 0 aromatic carbocycles. The van der Waals surface area contributed by atoms with E-state index in [2.05, 4.69) is 37.9 Å². The summed E-state index contributed by atoms with van der Waals surface area (Å²) in [5.74, 6) is -0.0748. The number of hydrogen-bond acceptors (Lipinski definition) is 3. The van der Waals surface area contributed by atoms with Crippen LogP contribution in [-0.2, 0) is 4.79 Å². The quantitative estimate of drug-likeness (QED) is 0.787. The third-order valence-corrected chi connectivity index (χ3v) is 3.42. The molecule has 2 N–H and O–H groups in total. The molecule has 1 aliphatic heterocycles. The Morgan fingerprint density at radius 1 is 1.50 bits per heavy atom. The van der Waals surface area contributed by atoms with Crippen molar-refractivity contribution in [2.75, 3.05) is 26.2 Å². The van der Waals surface area contributed by atoms with Crippen molar-refractivity contribution in [2.24, 2.45) is 11.3 Å². The van der Waals surface area contributed by atoms with Gasteiger partial charge < -0.3 is 10.4 Å². The molecule has 0 bridgehead atoms. The molecule has 0 aliphatic carbocycles. The molecule has 0 aromatic rings. The number of rotatable bonds is 5. The highest BCUT2D eigenvalue weighted by atomic mass is 16.4. The summed E-state index contributed by atoms with van der Waals surface area (Å²) in [5.41, 5.74) is 0.257. The van der Waals surface area contributed by atoms with Gasteiger partial charge in [0.2, 0.25) is 0 Å². The van der Waals surface area contributed by atoms with Gasteiger partial charge in [-0.3, -0.25) is 9.69 Å². The van der Waals surface area contributed by atoms with Crippen LogP contribution in [0, 0.1) is 11.3 Å². The van der Waals surface area contributed by atoms with Crippen LogP contribution in [0.15, 0.2) is 0 Å². The van der Waals surface area contributed by atoms with Crippen LogP contribution in [0.25, 0.3) is 0 Å². The van der Waals surface area contributed by atoms with E-state index in [1.807, 2.05) is 0 Å². The fourth-order valence-electron chi connectivity index (χ4n) is 2.70. The van der Waals surface area contributed by atoms with Crippen LogP contribution in [0.5, 0.6) is 0 Å². The lowest BCUT2D eigenvalue weighted by atomic mass is 9.92. The van der Waals surface area contributed by atoms with Gasteiger partial charge in [0.25, 0.3) is 0 Å². The molecular weight excluding hydrogens is 228 g/mol. The zero-order valence-corrected chi connectivity index (χ0v) is 12.2. The molecular formula is C14H28N2O2. The van der Waals surface area contributed by atoms with E-state index in [1.54, 1.807) is 0 Å². The molecule has 1 unspecified atom stereocenters. The van der Waals surface area contributed by atoms with Gasteiger partial charge >= 0.3 is 5.97 Å². The summed E-state index contributed by atoms with van der Waals surface area (Å²) in [5, 5.41) is 12.3. The Hall–Kier alpha value is -0.610. The molecule has 1 heterocycles. The normalized spacial score (nSPS) is 25.1. The molecule has 106 valence electrons. The molecule has 18 heavy (non-hydrogen) atoms. The number of hydrogen-bond donors (Lipinski definition) is 2. The van der Waals surface area contributed by atoms with E-state index in [0.717, 1.165) is 32.6 Å². The van der Waals surface area contributed by atoms with Gasteiger partial charge in [-0.05, 0) is 17.8 Å².